The van der Waals surface area contributed by atoms with Crippen LogP contribution in [0.1, 0.15) is 0 Å². The molecule has 0 amide bonds. The number of nitrogens with two attached hydrogens (primary N) is 2. The van der Waals surface area contributed by atoms with Crippen molar-refractivity contribution in [2.24, 2.45) is 11.5 Å². The summed E-state index contributed by atoms with van der Waals surface area (Å²) in [6.07, 6.45) is 0. The maximum atomic E-state index is 9.60. The van der Waals surface area contributed by atoms with E-state index in [1.165, 1.54) is 0 Å². The van der Waals surface area contributed by atoms with Crippen LogP contribution in [0.15, 0.2) is 0 Å². The second-order valence-electron chi connectivity index (χ2n) is 2.43. The molecule has 0 spiro atoms. The summed E-state index contributed by atoms with van der Waals surface area (Å²) in [5, 5.41) is 19.2. The third-order valence-electron chi connectivity index (χ3n) is 0.964. The van der Waals surface area contributed by atoms with Crippen LogP contribution in [0, 0.1) is 0 Å². The monoisotopic (exact) mass is 444 g/mol. The summed E-state index contributed by atoms with van der Waals surface area (Å²) < 4.78 is 8.91. The number of carboxylic acid groups (broad SMARTS) is 2. The van der Waals surface area contributed by atoms with Crippen LogP contribution in [0.5, 0.6) is 0 Å². The van der Waals surface area contributed by atoms with Crippen molar-refractivity contribution >= 4 is 39.2 Å². The average molecular weight is 443 g/mol. The van der Waals surface area contributed by atoms with Gasteiger partial charge in [0, 0.05) is 13.1 Å². The van der Waals surface area contributed by atoms with Gasteiger partial charge in [0.1, 0.15) is 0 Å². The Morgan fingerprint density at radius 2 is 1.18 bits per heavy atom. The zero-order valence-corrected chi connectivity index (χ0v) is 13.2. The first kappa shape index (κ1) is 21.9. The summed E-state index contributed by atoms with van der Waals surface area (Å²) in [7, 11) is 0. The van der Waals surface area contributed by atoms with Crippen LogP contribution in [0.2, 0.25) is 0 Å². The smallest absolute Gasteiger partial charge is 0.548 e. The van der Waals surface area contributed by atoms with Gasteiger partial charge in [-0.15, -0.1) is 0 Å². The molecular weight excluding hydrogens is 427 g/mol. The van der Waals surface area contributed by atoms with Gasteiger partial charge < -0.3 is 40.7 Å². The van der Waals surface area contributed by atoms with E-state index in [-0.39, 0.29) is 53.7 Å². The summed E-state index contributed by atoms with van der Waals surface area (Å²) in [6, 6.07) is 0. The Kier molecular flexibility index (Phi) is 23.3. The summed E-state index contributed by atoms with van der Waals surface area (Å²) in [5.74, 6) is -2.42. The second-order valence-corrected chi connectivity index (χ2v) is 2.43. The molecule has 2 radical (unpaired) electrons. The maximum absolute atomic E-state index is 9.60. The van der Waals surface area contributed by atoms with Crippen molar-refractivity contribution in [2.45, 2.75) is 0 Å². The Balaban J connectivity index is -0.000000218. The standard InChI is InChI=1S/2C4H9NO3.Pb/c2*5-1-2-8-3-4(6)7;/h2*1-3,5H2,(H,6,7);/q;;+2/p-2. The van der Waals surface area contributed by atoms with Gasteiger partial charge in [0.05, 0.1) is 38.4 Å². The van der Waals surface area contributed by atoms with Crippen molar-refractivity contribution < 1.29 is 29.3 Å². The number of rotatable bonds is 8. The quantitative estimate of drug-likeness (QED) is 0.280. The molecule has 98 valence electrons. The van der Waals surface area contributed by atoms with Crippen molar-refractivity contribution in [1.29, 1.82) is 0 Å². The molecule has 0 aromatic carbocycles. The van der Waals surface area contributed by atoms with Gasteiger partial charge in [-0.2, -0.15) is 0 Å². The number of carbonyl (C=O) groups is 2. The molecule has 0 bridgehead atoms. The number of hydrogen-bond donors (Lipinski definition) is 2. The fourth-order valence-electron chi connectivity index (χ4n) is 0.478. The predicted molar refractivity (Wildman–Crippen MR) is 55.5 cm³/mol. The van der Waals surface area contributed by atoms with Crippen LogP contribution in [0.25, 0.3) is 0 Å². The van der Waals surface area contributed by atoms with E-state index >= 15 is 0 Å². The number of carboxylic acids is 2. The minimum atomic E-state index is -1.21. The zero-order valence-electron chi connectivity index (χ0n) is 9.35. The molecule has 17 heavy (non-hydrogen) atoms. The van der Waals surface area contributed by atoms with E-state index in [1.54, 1.807) is 0 Å². The predicted octanol–water partition coefficient (Wildman–Crippen LogP) is -4.96. The molecule has 0 aliphatic carbocycles. The molecule has 0 atom stereocenters. The van der Waals surface area contributed by atoms with Gasteiger partial charge in [0.15, 0.2) is 0 Å². The van der Waals surface area contributed by atoms with Gasteiger partial charge in [-0.1, -0.05) is 0 Å². The molecule has 0 saturated carbocycles. The van der Waals surface area contributed by atoms with Crippen molar-refractivity contribution in [2.75, 3.05) is 39.5 Å². The van der Waals surface area contributed by atoms with Crippen LogP contribution >= 0.6 is 0 Å². The summed E-state index contributed by atoms with van der Waals surface area (Å²) in [5.41, 5.74) is 9.95. The van der Waals surface area contributed by atoms with Gasteiger partial charge in [-0.05, 0) is 0 Å². The zero-order chi connectivity index (χ0) is 12.8. The molecule has 0 aromatic rings. The number of hydrogen-bond acceptors (Lipinski definition) is 8. The Morgan fingerprint density at radius 1 is 0.882 bits per heavy atom. The van der Waals surface area contributed by atoms with E-state index in [0.717, 1.165) is 0 Å². The first-order valence-corrected chi connectivity index (χ1v) is 4.49. The fraction of sp³-hybridized carbons (Fsp3) is 0.750. The molecule has 0 aromatic heterocycles. The molecule has 0 heterocycles. The van der Waals surface area contributed by atoms with Gasteiger partial charge >= 0.3 is 27.3 Å². The van der Waals surface area contributed by atoms with Gasteiger partial charge in [0.2, 0.25) is 0 Å². The van der Waals surface area contributed by atoms with Crippen LogP contribution in [-0.4, -0.2) is 78.8 Å². The Labute approximate surface area is 119 Å². The first-order valence-electron chi connectivity index (χ1n) is 4.49. The van der Waals surface area contributed by atoms with Gasteiger partial charge in [0.25, 0.3) is 0 Å². The summed E-state index contributed by atoms with van der Waals surface area (Å²) >= 11 is 0. The van der Waals surface area contributed by atoms with Crippen LogP contribution in [0.4, 0.5) is 0 Å². The van der Waals surface area contributed by atoms with Crippen LogP contribution < -0.4 is 21.7 Å². The molecule has 0 aliphatic rings. The van der Waals surface area contributed by atoms with Crippen LogP contribution in [-0.2, 0) is 19.1 Å². The van der Waals surface area contributed by atoms with Gasteiger partial charge in [-0.3, -0.25) is 0 Å². The van der Waals surface area contributed by atoms with E-state index in [2.05, 4.69) is 9.47 Å². The third kappa shape index (κ3) is 31.3. The molecule has 0 rings (SSSR count). The third-order valence-corrected chi connectivity index (χ3v) is 0.964. The van der Waals surface area contributed by atoms with E-state index in [4.69, 9.17) is 11.5 Å². The van der Waals surface area contributed by atoms with E-state index in [9.17, 15) is 19.8 Å². The maximum Gasteiger partial charge on any atom is 2.00 e. The topological polar surface area (TPSA) is 151 Å². The van der Waals surface area contributed by atoms with Crippen molar-refractivity contribution in [1.82, 2.24) is 0 Å². The molecule has 0 aliphatic heterocycles. The molecule has 0 saturated heterocycles. The number of aliphatic carboxylic acids is 2. The van der Waals surface area contributed by atoms with E-state index < -0.39 is 11.9 Å². The van der Waals surface area contributed by atoms with E-state index in [0.29, 0.717) is 13.1 Å². The van der Waals surface area contributed by atoms with Crippen molar-refractivity contribution in [3.05, 3.63) is 0 Å². The normalized spacial score (nSPS) is 8.59. The minimum absolute atomic E-state index is 0. The number of carbonyl (C=O) groups excluding carboxylic acids is 2. The van der Waals surface area contributed by atoms with Crippen molar-refractivity contribution in [3.8, 4) is 0 Å². The molecule has 9 heteroatoms. The van der Waals surface area contributed by atoms with Crippen LogP contribution in [0.3, 0.4) is 0 Å². The fourth-order valence-corrected chi connectivity index (χ4v) is 0.478. The molecule has 8 nitrogen and oxygen atoms in total. The number of ether oxygens (including phenoxy) is 2. The average Bonchev–Trinajstić information content (AvgIpc) is 2.18. The molecule has 0 fully saturated rings. The SMILES string of the molecule is NCCOCC(=O)[O-].NCCOCC(=O)[O-].[Pb+2]. The summed E-state index contributed by atoms with van der Waals surface area (Å²) in [4.78, 5) is 19.2. The van der Waals surface area contributed by atoms with Crippen molar-refractivity contribution in [3.63, 3.8) is 0 Å². The van der Waals surface area contributed by atoms with E-state index in [1.807, 2.05) is 0 Å². The minimum Gasteiger partial charge on any atom is -0.548 e. The van der Waals surface area contributed by atoms with Gasteiger partial charge in [-0.25, -0.2) is 0 Å². The molecule has 4 N–H and O–H groups in total. The Morgan fingerprint density at radius 3 is 1.35 bits per heavy atom. The second kappa shape index (κ2) is 18.1. The Hall–Kier alpha value is -0.298. The Bertz CT molecular complexity index is 173. The largest absolute Gasteiger partial charge is 2.00 e. The molecular formula is C8H16N2O6Pb. The first-order chi connectivity index (χ1) is 7.54. The molecule has 0 unspecified atom stereocenters. The summed E-state index contributed by atoms with van der Waals surface area (Å²) in [6.45, 7) is 0.497.